The standard InChI is InChI=1S/C45H82O8/c1-4-5-22-28-38(47)32-33-41-40(42(48)34-43(41)49)29-24-20-21-25-30-44(50)52-36-39(35-46)53-45(51)31-26-19-17-15-13-11-9-7-6-8-10-12-14-16-18-23-27-37(2)3/h20,24,32-33,37-43,46-49H,4-19,21-23,25-31,34-36H2,1-3H3/b24-20+,33-32+/t38-,39-,40+,41+,42-,43+/m0/s1. The van der Waals surface area contributed by atoms with Crippen LogP contribution in [0.5, 0.6) is 0 Å². The Balaban J connectivity index is 2.05. The molecule has 4 N–H and O–H groups in total. The average Bonchev–Trinajstić information content (AvgIpc) is 3.40. The van der Waals surface area contributed by atoms with E-state index in [0.29, 0.717) is 38.5 Å². The second kappa shape index (κ2) is 33.6. The predicted molar refractivity (Wildman–Crippen MR) is 216 cm³/mol. The first kappa shape index (κ1) is 49.3. The van der Waals surface area contributed by atoms with E-state index < -0.39 is 37.0 Å². The number of rotatable bonds is 35. The summed E-state index contributed by atoms with van der Waals surface area (Å²) in [7, 11) is 0. The number of allylic oxidation sites excluding steroid dienone is 2. The van der Waals surface area contributed by atoms with Crippen LogP contribution in [0.1, 0.15) is 194 Å². The number of esters is 2. The van der Waals surface area contributed by atoms with Gasteiger partial charge in [-0.25, -0.2) is 0 Å². The molecule has 0 spiro atoms. The van der Waals surface area contributed by atoms with Crippen LogP contribution in [0.2, 0.25) is 0 Å². The number of carbonyl (C=O) groups is 2. The summed E-state index contributed by atoms with van der Waals surface area (Å²) in [6, 6.07) is 0. The second-order valence-corrected chi connectivity index (χ2v) is 16.2. The van der Waals surface area contributed by atoms with E-state index in [1.807, 2.05) is 18.2 Å². The fourth-order valence-corrected chi connectivity index (χ4v) is 7.32. The smallest absolute Gasteiger partial charge is 0.306 e. The van der Waals surface area contributed by atoms with Crippen molar-refractivity contribution in [2.75, 3.05) is 13.2 Å². The number of aliphatic hydroxyl groups excluding tert-OH is 4. The highest BCUT2D eigenvalue weighted by Gasteiger charge is 2.39. The zero-order valence-electron chi connectivity index (χ0n) is 34.3. The Labute approximate surface area is 324 Å². The van der Waals surface area contributed by atoms with Crippen LogP contribution in [0, 0.1) is 17.8 Å². The number of hydrogen-bond donors (Lipinski definition) is 4. The van der Waals surface area contributed by atoms with Crippen molar-refractivity contribution in [3.8, 4) is 0 Å². The van der Waals surface area contributed by atoms with Crippen LogP contribution in [0.25, 0.3) is 0 Å². The molecule has 0 aromatic heterocycles. The number of unbranched alkanes of at least 4 members (excludes halogenated alkanes) is 18. The van der Waals surface area contributed by atoms with Crippen molar-refractivity contribution in [1.82, 2.24) is 0 Å². The molecule has 0 amide bonds. The summed E-state index contributed by atoms with van der Waals surface area (Å²) in [4.78, 5) is 24.5. The molecule has 53 heavy (non-hydrogen) atoms. The molecular weight excluding hydrogens is 668 g/mol. The largest absolute Gasteiger partial charge is 0.462 e. The van der Waals surface area contributed by atoms with Gasteiger partial charge >= 0.3 is 11.9 Å². The monoisotopic (exact) mass is 751 g/mol. The number of carbonyl (C=O) groups excluding carboxylic acids is 2. The molecule has 8 nitrogen and oxygen atoms in total. The molecule has 1 saturated carbocycles. The lowest BCUT2D eigenvalue weighted by Crippen LogP contribution is -2.28. The summed E-state index contributed by atoms with van der Waals surface area (Å²) in [5, 5.41) is 40.7. The van der Waals surface area contributed by atoms with Crippen LogP contribution in [0.15, 0.2) is 24.3 Å². The van der Waals surface area contributed by atoms with Crippen LogP contribution < -0.4 is 0 Å². The summed E-state index contributed by atoms with van der Waals surface area (Å²) in [6.07, 6.45) is 33.4. The summed E-state index contributed by atoms with van der Waals surface area (Å²) in [5.74, 6) is -0.239. The lowest BCUT2D eigenvalue weighted by Gasteiger charge is -2.19. The molecule has 310 valence electrons. The Morgan fingerprint density at radius 3 is 1.81 bits per heavy atom. The molecule has 0 unspecified atom stereocenters. The normalized spacial score (nSPS) is 20.2. The zero-order chi connectivity index (χ0) is 38.9. The van der Waals surface area contributed by atoms with E-state index in [9.17, 15) is 30.0 Å². The van der Waals surface area contributed by atoms with Crippen molar-refractivity contribution < 1.29 is 39.5 Å². The van der Waals surface area contributed by atoms with Gasteiger partial charge in [0.1, 0.15) is 6.61 Å². The fraction of sp³-hybridized carbons (Fsp3) is 0.867. The molecule has 0 aromatic rings. The minimum atomic E-state index is -0.849. The second-order valence-electron chi connectivity index (χ2n) is 16.2. The summed E-state index contributed by atoms with van der Waals surface area (Å²) in [5.41, 5.74) is 0. The van der Waals surface area contributed by atoms with Gasteiger partial charge in [0.15, 0.2) is 6.10 Å². The predicted octanol–water partition coefficient (Wildman–Crippen LogP) is 10.1. The van der Waals surface area contributed by atoms with E-state index in [1.165, 1.54) is 89.9 Å². The van der Waals surface area contributed by atoms with Crippen molar-refractivity contribution in [3.05, 3.63) is 24.3 Å². The van der Waals surface area contributed by atoms with Gasteiger partial charge in [-0.1, -0.05) is 167 Å². The minimum absolute atomic E-state index is 0.119. The Kier molecular flexibility index (Phi) is 31.2. The maximum atomic E-state index is 12.3. The molecule has 0 saturated heterocycles. The van der Waals surface area contributed by atoms with E-state index in [0.717, 1.165) is 44.4 Å². The molecule has 1 aliphatic rings. The highest BCUT2D eigenvalue weighted by molar-refractivity contribution is 5.70. The van der Waals surface area contributed by atoms with E-state index in [-0.39, 0.29) is 30.8 Å². The highest BCUT2D eigenvalue weighted by Crippen LogP contribution is 2.36. The van der Waals surface area contributed by atoms with Gasteiger partial charge in [-0.2, -0.15) is 0 Å². The first-order valence-corrected chi connectivity index (χ1v) is 22.0. The minimum Gasteiger partial charge on any atom is -0.462 e. The molecule has 0 radical (unpaired) electrons. The Morgan fingerprint density at radius 1 is 0.698 bits per heavy atom. The Morgan fingerprint density at radius 2 is 1.25 bits per heavy atom. The van der Waals surface area contributed by atoms with Crippen LogP contribution in [0.3, 0.4) is 0 Å². The van der Waals surface area contributed by atoms with Gasteiger partial charge < -0.3 is 29.9 Å². The lowest BCUT2D eigenvalue weighted by molar-refractivity contribution is -0.161. The van der Waals surface area contributed by atoms with Crippen molar-refractivity contribution >= 4 is 11.9 Å². The van der Waals surface area contributed by atoms with Crippen LogP contribution in [-0.4, -0.2) is 70.0 Å². The SMILES string of the molecule is CCCCC[C@H](O)/C=C/[C@@H]1[C@@H](C/C=C/CCCC(=O)OC[C@H](CO)OC(=O)CCCCCCCCCCCCCCCCCCC(C)C)[C@@H](O)C[C@H]1O. The number of aliphatic hydroxyl groups is 4. The van der Waals surface area contributed by atoms with Gasteiger partial charge in [0.2, 0.25) is 0 Å². The first-order valence-electron chi connectivity index (χ1n) is 22.0. The van der Waals surface area contributed by atoms with Crippen molar-refractivity contribution in [2.45, 2.75) is 219 Å². The van der Waals surface area contributed by atoms with Gasteiger partial charge in [0, 0.05) is 25.2 Å². The lowest BCUT2D eigenvalue weighted by atomic mass is 9.89. The molecule has 0 bridgehead atoms. The van der Waals surface area contributed by atoms with Gasteiger partial charge in [0.05, 0.1) is 24.9 Å². The van der Waals surface area contributed by atoms with Crippen molar-refractivity contribution in [1.29, 1.82) is 0 Å². The molecule has 1 fully saturated rings. The summed E-state index contributed by atoms with van der Waals surface area (Å²) < 4.78 is 10.6. The van der Waals surface area contributed by atoms with E-state index in [4.69, 9.17) is 9.47 Å². The molecule has 0 aromatic carbocycles. The molecule has 0 heterocycles. The number of ether oxygens (including phenoxy) is 2. The zero-order valence-corrected chi connectivity index (χ0v) is 34.3. The first-order chi connectivity index (χ1) is 25.7. The van der Waals surface area contributed by atoms with Gasteiger partial charge in [-0.15, -0.1) is 0 Å². The Bertz CT molecular complexity index is 933. The molecule has 8 heteroatoms. The molecule has 1 rings (SSSR count). The topological polar surface area (TPSA) is 134 Å². The third kappa shape index (κ3) is 27.5. The average molecular weight is 751 g/mol. The van der Waals surface area contributed by atoms with E-state index >= 15 is 0 Å². The fourth-order valence-electron chi connectivity index (χ4n) is 7.32. The molecule has 6 atom stereocenters. The third-order valence-corrected chi connectivity index (χ3v) is 10.7. The third-order valence-electron chi connectivity index (χ3n) is 10.7. The van der Waals surface area contributed by atoms with E-state index in [1.54, 1.807) is 6.08 Å². The molecule has 0 aliphatic heterocycles. The molecular formula is C45H82O8. The van der Waals surface area contributed by atoms with Crippen molar-refractivity contribution in [3.63, 3.8) is 0 Å². The van der Waals surface area contributed by atoms with Gasteiger partial charge in [0.25, 0.3) is 0 Å². The maximum Gasteiger partial charge on any atom is 0.306 e. The summed E-state index contributed by atoms with van der Waals surface area (Å²) in [6.45, 7) is 6.20. The van der Waals surface area contributed by atoms with Gasteiger partial charge in [-0.05, 0) is 43.9 Å². The van der Waals surface area contributed by atoms with Crippen LogP contribution >= 0.6 is 0 Å². The Hall–Kier alpha value is -1.74. The molecule has 1 aliphatic carbocycles. The van der Waals surface area contributed by atoms with Gasteiger partial charge in [-0.3, -0.25) is 9.59 Å². The maximum absolute atomic E-state index is 12.3. The van der Waals surface area contributed by atoms with Crippen LogP contribution in [0.4, 0.5) is 0 Å². The van der Waals surface area contributed by atoms with E-state index in [2.05, 4.69) is 20.8 Å². The highest BCUT2D eigenvalue weighted by atomic mass is 16.6. The summed E-state index contributed by atoms with van der Waals surface area (Å²) >= 11 is 0. The van der Waals surface area contributed by atoms with Crippen LogP contribution in [-0.2, 0) is 19.1 Å². The van der Waals surface area contributed by atoms with Crippen molar-refractivity contribution in [2.24, 2.45) is 17.8 Å². The quantitative estimate of drug-likeness (QED) is 0.0286. The number of hydrogen-bond acceptors (Lipinski definition) is 8.